The van der Waals surface area contributed by atoms with Gasteiger partial charge < -0.3 is 9.80 Å². The van der Waals surface area contributed by atoms with Gasteiger partial charge in [-0.2, -0.15) is 0 Å². The van der Waals surface area contributed by atoms with Crippen molar-refractivity contribution in [3.63, 3.8) is 0 Å². The zero-order chi connectivity index (χ0) is 19.0. The first-order valence-corrected chi connectivity index (χ1v) is 9.28. The maximum Gasteiger partial charge on any atom is 0.254 e. The molecule has 0 aliphatic carbocycles. The van der Waals surface area contributed by atoms with E-state index in [-0.39, 0.29) is 5.91 Å². The molecule has 0 radical (unpaired) electrons. The molecule has 4 rings (SSSR count). The third-order valence-corrected chi connectivity index (χ3v) is 5.10. The molecule has 6 nitrogen and oxygen atoms in total. The predicted molar refractivity (Wildman–Crippen MR) is 106 cm³/mol. The number of hydrogen-bond acceptors (Lipinski definition) is 5. The van der Waals surface area contributed by atoms with Crippen molar-refractivity contribution in [2.24, 2.45) is 0 Å². The molecule has 138 valence electrons. The number of carbonyl (C=O) groups is 1. The van der Waals surface area contributed by atoms with Crippen LogP contribution < -0.4 is 4.90 Å². The molecule has 0 saturated carbocycles. The minimum Gasteiger partial charge on any atom is -0.352 e. The number of pyridine rings is 1. The zero-order valence-electron chi connectivity index (χ0n) is 15.3. The molecule has 1 amide bonds. The summed E-state index contributed by atoms with van der Waals surface area (Å²) in [6.07, 6.45) is 3.09. The highest BCUT2D eigenvalue weighted by Crippen LogP contribution is 2.25. The van der Waals surface area contributed by atoms with E-state index in [9.17, 15) is 4.79 Å². The van der Waals surface area contributed by atoms with Gasteiger partial charge in [-0.3, -0.25) is 9.78 Å². The first-order chi connectivity index (χ1) is 13.0. The third kappa shape index (κ3) is 3.45. The van der Waals surface area contributed by atoms with Gasteiger partial charge in [0.15, 0.2) is 5.82 Å². The van der Waals surface area contributed by atoms with Crippen LogP contribution in [-0.2, 0) is 0 Å². The lowest BCUT2D eigenvalue weighted by Gasteiger charge is -2.35. The number of anilines is 1. The molecule has 0 bridgehead atoms. The Morgan fingerprint density at radius 2 is 1.89 bits per heavy atom. The van der Waals surface area contributed by atoms with Crippen molar-refractivity contribution in [2.45, 2.75) is 13.8 Å². The van der Waals surface area contributed by atoms with E-state index in [1.165, 1.54) is 6.33 Å². The average Bonchev–Trinajstić information content (AvgIpc) is 2.68. The fraction of sp³-hybridized carbons (Fsp3) is 0.300. The van der Waals surface area contributed by atoms with Gasteiger partial charge in [-0.05, 0) is 32.0 Å². The molecule has 1 fully saturated rings. The molecular formula is C20H20ClN5O. The molecule has 1 aliphatic heterocycles. The second-order valence-corrected chi connectivity index (χ2v) is 7.21. The van der Waals surface area contributed by atoms with Gasteiger partial charge >= 0.3 is 0 Å². The Kier molecular flexibility index (Phi) is 4.66. The zero-order valence-corrected chi connectivity index (χ0v) is 16.1. The summed E-state index contributed by atoms with van der Waals surface area (Å²) < 4.78 is 0. The number of halogens is 1. The van der Waals surface area contributed by atoms with Gasteiger partial charge in [0, 0.05) is 37.3 Å². The Balaban J connectivity index is 1.57. The highest BCUT2D eigenvalue weighted by molar-refractivity contribution is 6.32. The molecule has 0 unspecified atom stereocenters. The van der Waals surface area contributed by atoms with Crippen molar-refractivity contribution in [3.8, 4) is 0 Å². The van der Waals surface area contributed by atoms with Gasteiger partial charge in [-0.15, -0.1) is 0 Å². The fourth-order valence-corrected chi connectivity index (χ4v) is 3.70. The number of rotatable bonds is 2. The first-order valence-electron chi connectivity index (χ1n) is 8.90. The summed E-state index contributed by atoms with van der Waals surface area (Å²) in [7, 11) is 0. The van der Waals surface area contributed by atoms with Crippen LogP contribution in [0.1, 0.15) is 21.6 Å². The maximum atomic E-state index is 13.2. The number of aromatic nitrogens is 3. The van der Waals surface area contributed by atoms with E-state index < -0.39 is 0 Å². The molecule has 1 aliphatic rings. The van der Waals surface area contributed by atoms with E-state index >= 15 is 0 Å². The van der Waals surface area contributed by atoms with Gasteiger partial charge in [0.25, 0.3) is 5.91 Å². The van der Waals surface area contributed by atoms with Crippen molar-refractivity contribution in [1.29, 1.82) is 0 Å². The number of carbonyl (C=O) groups excluding carboxylic acids is 1. The highest BCUT2D eigenvalue weighted by atomic mass is 35.5. The first kappa shape index (κ1) is 17.7. The number of piperazine rings is 1. The van der Waals surface area contributed by atoms with Gasteiger partial charge in [-0.25, -0.2) is 9.97 Å². The topological polar surface area (TPSA) is 62.2 Å². The number of benzene rings is 1. The number of amides is 1. The summed E-state index contributed by atoms with van der Waals surface area (Å²) in [6, 6.07) is 7.92. The number of fused-ring (bicyclic) bond motifs is 1. The Labute approximate surface area is 162 Å². The predicted octanol–water partition coefficient (Wildman–Crippen LogP) is 3.26. The van der Waals surface area contributed by atoms with E-state index in [1.54, 1.807) is 6.20 Å². The third-order valence-electron chi connectivity index (χ3n) is 4.84. The smallest absolute Gasteiger partial charge is 0.254 e. The second kappa shape index (κ2) is 7.12. The minimum absolute atomic E-state index is 0.0459. The SMILES string of the molecule is Cc1ccc2nc(C)cc(C(=O)N3CCN(c4ncncc4Cl)CC3)c2c1. The van der Waals surface area contributed by atoms with Crippen molar-refractivity contribution in [2.75, 3.05) is 31.1 Å². The second-order valence-electron chi connectivity index (χ2n) is 6.81. The van der Waals surface area contributed by atoms with E-state index in [0.29, 0.717) is 31.2 Å². The van der Waals surface area contributed by atoms with Crippen LogP contribution in [0.5, 0.6) is 0 Å². The fourth-order valence-electron chi connectivity index (χ4n) is 3.48. The normalized spacial score (nSPS) is 14.6. The molecule has 0 N–H and O–H groups in total. The van der Waals surface area contributed by atoms with E-state index in [2.05, 4.69) is 19.9 Å². The van der Waals surface area contributed by atoms with E-state index in [0.717, 1.165) is 33.5 Å². The summed E-state index contributed by atoms with van der Waals surface area (Å²) in [5.41, 5.74) is 3.54. The molecule has 0 spiro atoms. The van der Waals surface area contributed by atoms with Crippen molar-refractivity contribution >= 4 is 34.2 Å². The van der Waals surface area contributed by atoms with Gasteiger partial charge in [-0.1, -0.05) is 23.2 Å². The summed E-state index contributed by atoms with van der Waals surface area (Å²) in [4.78, 5) is 29.9. The minimum atomic E-state index is 0.0459. The molecule has 1 saturated heterocycles. The Morgan fingerprint density at radius 1 is 1.11 bits per heavy atom. The summed E-state index contributed by atoms with van der Waals surface area (Å²) in [5.74, 6) is 0.768. The summed E-state index contributed by atoms with van der Waals surface area (Å²) in [6.45, 7) is 6.55. The molecule has 27 heavy (non-hydrogen) atoms. The van der Waals surface area contributed by atoms with Crippen molar-refractivity contribution in [3.05, 3.63) is 58.6 Å². The monoisotopic (exact) mass is 381 g/mol. The largest absolute Gasteiger partial charge is 0.352 e. The van der Waals surface area contributed by atoms with Crippen LogP contribution in [0.3, 0.4) is 0 Å². The van der Waals surface area contributed by atoms with Gasteiger partial charge in [0.2, 0.25) is 0 Å². The van der Waals surface area contributed by atoms with E-state index in [1.807, 2.05) is 43.0 Å². The van der Waals surface area contributed by atoms with Crippen LogP contribution in [0.15, 0.2) is 36.8 Å². The molecule has 7 heteroatoms. The summed E-state index contributed by atoms with van der Waals surface area (Å²) in [5, 5.41) is 1.44. The molecule has 2 aromatic heterocycles. The van der Waals surface area contributed by atoms with Crippen LogP contribution in [-0.4, -0.2) is 51.9 Å². The number of nitrogens with zero attached hydrogens (tertiary/aromatic N) is 5. The Bertz CT molecular complexity index is 1010. The number of hydrogen-bond donors (Lipinski definition) is 0. The van der Waals surface area contributed by atoms with Gasteiger partial charge in [0.05, 0.1) is 17.3 Å². The standard InChI is InChI=1S/C20H20ClN5O/c1-13-3-4-18-15(9-13)16(10-14(2)24-18)20(27)26-7-5-25(6-8-26)19-17(21)11-22-12-23-19/h3-4,9-12H,5-8H2,1-2H3. The number of aryl methyl sites for hydroxylation is 2. The van der Waals surface area contributed by atoms with Crippen molar-refractivity contribution < 1.29 is 4.79 Å². The van der Waals surface area contributed by atoms with E-state index in [4.69, 9.17) is 11.6 Å². The molecular weight excluding hydrogens is 362 g/mol. The lowest BCUT2D eigenvalue weighted by atomic mass is 10.0. The summed E-state index contributed by atoms with van der Waals surface area (Å²) >= 11 is 6.20. The molecule has 0 atom stereocenters. The highest BCUT2D eigenvalue weighted by Gasteiger charge is 2.25. The van der Waals surface area contributed by atoms with Crippen LogP contribution in [0.25, 0.3) is 10.9 Å². The van der Waals surface area contributed by atoms with Crippen LogP contribution in [0.2, 0.25) is 5.02 Å². The van der Waals surface area contributed by atoms with Crippen molar-refractivity contribution in [1.82, 2.24) is 19.9 Å². The van der Waals surface area contributed by atoms with Crippen LogP contribution in [0, 0.1) is 13.8 Å². The van der Waals surface area contributed by atoms with Gasteiger partial charge in [0.1, 0.15) is 11.3 Å². The quantitative estimate of drug-likeness (QED) is 0.681. The molecule has 3 heterocycles. The maximum absolute atomic E-state index is 13.2. The molecule has 3 aromatic rings. The van der Waals surface area contributed by atoms with Crippen LogP contribution >= 0.6 is 11.6 Å². The Morgan fingerprint density at radius 3 is 2.63 bits per heavy atom. The molecule has 1 aromatic carbocycles. The average molecular weight is 382 g/mol. The lowest BCUT2D eigenvalue weighted by molar-refractivity contribution is 0.0748. The lowest BCUT2D eigenvalue weighted by Crippen LogP contribution is -2.49. The Hall–Kier alpha value is -2.73. The van der Waals surface area contributed by atoms with Crippen LogP contribution in [0.4, 0.5) is 5.82 Å².